The van der Waals surface area contributed by atoms with Crippen LogP contribution >= 0.6 is 15.9 Å². The highest BCUT2D eigenvalue weighted by Gasteiger charge is 2.20. The lowest BCUT2D eigenvalue weighted by Crippen LogP contribution is -2.40. The lowest BCUT2D eigenvalue weighted by atomic mass is 10.00. The molecule has 4 nitrogen and oxygen atoms in total. The topological polar surface area (TPSA) is 49.4 Å². The van der Waals surface area contributed by atoms with Gasteiger partial charge in [0.25, 0.3) is 0 Å². The van der Waals surface area contributed by atoms with E-state index in [1.54, 1.807) is 0 Å². The van der Waals surface area contributed by atoms with E-state index < -0.39 is 10.0 Å². The fourth-order valence-corrected chi connectivity index (χ4v) is 4.63. The van der Waals surface area contributed by atoms with Crippen molar-refractivity contribution >= 4 is 26.0 Å². The Morgan fingerprint density at radius 2 is 2.00 bits per heavy atom. The molecular weight excluding hydrogens is 376 g/mol. The maximum absolute atomic E-state index is 12.1. The molecule has 23 heavy (non-hydrogen) atoms. The summed E-state index contributed by atoms with van der Waals surface area (Å²) >= 11 is 3.36. The zero-order chi connectivity index (χ0) is 16.7. The molecule has 6 heteroatoms. The maximum atomic E-state index is 12.1. The molecule has 0 saturated carbocycles. The standard InChI is InChI=1S/C17H27BrN2O2S/c1-2-17-6-3-4-12-20(17)13-5-11-19-23(21,22)14-15-7-9-16(18)10-8-15/h7-10,17,19H,2-6,11-14H2,1H3. The second-order valence-electron chi connectivity index (χ2n) is 6.23. The van der Waals surface area contributed by atoms with Crippen LogP contribution in [0.3, 0.4) is 0 Å². The van der Waals surface area contributed by atoms with Crippen molar-refractivity contribution in [2.45, 2.75) is 50.8 Å². The Hall–Kier alpha value is -0.430. The molecule has 0 aromatic heterocycles. The number of sulfonamides is 1. The second-order valence-corrected chi connectivity index (χ2v) is 8.95. The van der Waals surface area contributed by atoms with Gasteiger partial charge in [0.1, 0.15) is 0 Å². The Labute approximate surface area is 148 Å². The summed E-state index contributed by atoms with van der Waals surface area (Å²) < 4.78 is 27.9. The molecule has 1 aliphatic rings. The first-order valence-electron chi connectivity index (χ1n) is 8.46. The average Bonchev–Trinajstić information content (AvgIpc) is 2.54. The van der Waals surface area contributed by atoms with Crippen LogP contribution in [0.15, 0.2) is 28.7 Å². The number of hydrogen-bond donors (Lipinski definition) is 1. The number of rotatable bonds is 8. The molecule has 1 aromatic carbocycles. The fraction of sp³-hybridized carbons (Fsp3) is 0.647. The van der Waals surface area contributed by atoms with Crippen LogP contribution in [0, 0.1) is 0 Å². The van der Waals surface area contributed by atoms with Crippen molar-refractivity contribution in [2.75, 3.05) is 19.6 Å². The fourth-order valence-electron chi connectivity index (χ4n) is 3.18. The van der Waals surface area contributed by atoms with E-state index >= 15 is 0 Å². The van der Waals surface area contributed by atoms with E-state index in [1.165, 1.54) is 25.7 Å². The number of halogens is 1. The first kappa shape index (κ1) is 18.9. The predicted octanol–water partition coefficient (Wildman–Crippen LogP) is 3.52. The Balaban J connectivity index is 1.73. The van der Waals surface area contributed by atoms with Gasteiger partial charge < -0.3 is 4.90 Å². The first-order chi connectivity index (χ1) is 11.0. The quantitative estimate of drug-likeness (QED) is 0.676. The number of benzene rings is 1. The normalized spacial score (nSPS) is 19.8. The van der Waals surface area contributed by atoms with Crippen LogP contribution in [-0.2, 0) is 15.8 Å². The molecule has 1 fully saturated rings. The summed E-state index contributed by atoms with van der Waals surface area (Å²) in [6, 6.07) is 8.09. The number of piperidine rings is 1. The minimum absolute atomic E-state index is 0.0432. The van der Waals surface area contributed by atoms with Crippen molar-refractivity contribution in [2.24, 2.45) is 0 Å². The summed E-state index contributed by atoms with van der Waals surface area (Å²) in [4.78, 5) is 2.52. The lowest BCUT2D eigenvalue weighted by molar-refractivity contribution is 0.143. The van der Waals surface area contributed by atoms with Gasteiger partial charge in [-0.15, -0.1) is 0 Å². The third-order valence-electron chi connectivity index (χ3n) is 4.43. The van der Waals surface area contributed by atoms with Gasteiger partial charge in [-0.2, -0.15) is 0 Å². The van der Waals surface area contributed by atoms with Crippen molar-refractivity contribution in [3.05, 3.63) is 34.3 Å². The molecule has 2 rings (SSSR count). The molecule has 1 aliphatic heterocycles. The molecule has 130 valence electrons. The number of hydrogen-bond acceptors (Lipinski definition) is 3. The van der Waals surface area contributed by atoms with Crippen molar-refractivity contribution in [1.29, 1.82) is 0 Å². The highest BCUT2D eigenvalue weighted by Crippen LogP contribution is 2.19. The van der Waals surface area contributed by atoms with Gasteiger partial charge in [-0.1, -0.05) is 41.4 Å². The van der Waals surface area contributed by atoms with E-state index in [0.717, 1.165) is 29.5 Å². The molecule has 1 heterocycles. The van der Waals surface area contributed by atoms with Crippen molar-refractivity contribution in [1.82, 2.24) is 9.62 Å². The molecule has 0 bridgehead atoms. The zero-order valence-corrected chi connectivity index (χ0v) is 16.2. The molecule has 0 aliphatic carbocycles. The highest BCUT2D eigenvalue weighted by molar-refractivity contribution is 9.10. The monoisotopic (exact) mass is 402 g/mol. The van der Waals surface area contributed by atoms with Crippen molar-refractivity contribution in [3.63, 3.8) is 0 Å². The van der Waals surface area contributed by atoms with Crippen LogP contribution in [0.2, 0.25) is 0 Å². The summed E-state index contributed by atoms with van der Waals surface area (Å²) in [6.45, 7) is 4.90. The summed E-state index contributed by atoms with van der Waals surface area (Å²) in [5.74, 6) is 0.0432. The minimum atomic E-state index is -3.25. The van der Waals surface area contributed by atoms with E-state index in [9.17, 15) is 8.42 Å². The number of likely N-dealkylation sites (tertiary alicyclic amines) is 1. The second kappa shape index (κ2) is 9.16. The minimum Gasteiger partial charge on any atom is -0.300 e. The molecule has 0 amide bonds. The smallest absolute Gasteiger partial charge is 0.215 e. The van der Waals surface area contributed by atoms with Crippen molar-refractivity contribution in [3.8, 4) is 0 Å². The molecule has 1 atom stereocenters. The van der Waals surface area contributed by atoms with Gasteiger partial charge in [0.2, 0.25) is 10.0 Å². The molecule has 1 aromatic rings. The highest BCUT2D eigenvalue weighted by atomic mass is 79.9. The molecule has 1 N–H and O–H groups in total. The van der Waals surface area contributed by atoms with Crippen LogP contribution in [0.5, 0.6) is 0 Å². The summed E-state index contributed by atoms with van der Waals surface area (Å²) in [5, 5.41) is 0. The lowest BCUT2D eigenvalue weighted by Gasteiger charge is -2.35. The molecule has 1 saturated heterocycles. The molecule has 0 radical (unpaired) electrons. The van der Waals surface area contributed by atoms with Gasteiger partial charge in [-0.05, 0) is 56.5 Å². The third kappa shape index (κ3) is 6.53. The van der Waals surface area contributed by atoms with Crippen LogP contribution in [-0.4, -0.2) is 39.0 Å². The Morgan fingerprint density at radius 1 is 1.26 bits per heavy atom. The largest absolute Gasteiger partial charge is 0.300 e. The van der Waals surface area contributed by atoms with Gasteiger partial charge in [-0.25, -0.2) is 13.1 Å². The molecule has 0 spiro atoms. The number of nitrogens with zero attached hydrogens (tertiary/aromatic N) is 1. The maximum Gasteiger partial charge on any atom is 0.215 e. The summed E-state index contributed by atoms with van der Waals surface area (Å²) in [7, 11) is -3.25. The van der Waals surface area contributed by atoms with Gasteiger partial charge in [0, 0.05) is 17.1 Å². The third-order valence-corrected chi connectivity index (χ3v) is 6.32. The molecule has 1 unspecified atom stereocenters. The Morgan fingerprint density at radius 3 is 2.70 bits per heavy atom. The van der Waals surface area contributed by atoms with Gasteiger partial charge in [0.05, 0.1) is 5.75 Å². The number of nitrogens with one attached hydrogen (secondary N) is 1. The van der Waals surface area contributed by atoms with E-state index in [-0.39, 0.29) is 5.75 Å². The average molecular weight is 403 g/mol. The Kier molecular flexibility index (Phi) is 7.53. The van der Waals surface area contributed by atoms with Gasteiger partial charge in [-0.3, -0.25) is 0 Å². The van der Waals surface area contributed by atoms with Crippen LogP contribution in [0.4, 0.5) is 0 Å². The molecular formula is C17H27BrN2O2S. The predicted molar refractivity (Wildman–Crippen MR) is 98.9 cm³/mol. The van der Waals surface area contributed by atoms with Gasteiger partial charge in [0.15, 0.2) is 0 Å². The van der Waals surface area contributed by atoms with Crippen LogP contribution < -0.4 is 4.72 Å². The van der Waals surface area contributed by atoms with E-state index in [2.05, 4.69) is 32.5 Å². The van der Waals surface area contributed by atoms with E-state index in [4.69, 9.17) is 0 Å². The summed E-state index contributed by atoms with van der Waals surface area (Å²) in [5.41, 5.74) is 0.808. The summed E-state index contributed by atoms with van der Waals surface area (Å²) in [6.07, 6.45) is 5.94. The van der Waals surface area contributed by atoms with Gasteiger partial charge >= 0.3 is 0 Å². The van der Waals surface area contributed by atoms with Crippen molar-refractivity contribution < 1.29 is 8.42 Å². The van der Waals surface area contributed by atoms with Crippen LogP contribution in [0.1, 0.15) is 44.6 Å². The van der Waals surface area contributed by atoms with Crippen LogP contribution in [0.25, 0.3) is 0 Å². The SMILES string of the molecule is CCC1CCCCN1CCCNS(=O)(=O)Cc1ccc(Br)cc1. The Bertz CT molecular complexity index is 575. The van der Waals surface area contributed by atoms with E-state index in [1.807, 2.05) is 24.3 Å². The zero-order valence-electron chi connectivity index (χ0n) is 13.8. The first-order valence-corrected chi connectivity index (χ1v) is 10.9. The van der Waals surface area contributed by atoms with E-state index in [0.29, 0.717) is 12.6 Å².